The van der Waals surface area contributed by atoms with E-state index in [9.17, 15) is 0 Å². The Morgan fingerprint density at radius 1 is 1.47 bits per heavy atom. The predicted octanol–water partition coefficient (Wildman–Crippen LogP) is 1.21. The molecule has 0 amide bonds. The molecule has 0 aromatic carbocycles. The molecule has 0 spiro atoms. The zero-order valence-electron chi connectivity index (χ0n) is 10.5. The SMILES string of the molecule is CC(C)=CCN1CCO[C@@H](CN(C)C)C1. The largest absolute Gasteiger partial charge is 0.374 e. The average Bonchev–Trinajstić information content (AvgIpc) is 2.14. The Hall–Kier alpha value is -0.380. The number of allylic oxidation sites excluding steroid dienone is 1. The molecule has 88 valence electrons. The van der Waals surface area contributed by atoms with Gasteiger partial charge >= 0.3 is 0 Å². The van der Waals surface area contributed by atoms with Crippen molar-refractivity contribution in [3.63, 3.8) is 0 Å². The van der Waals surface area contributed by atoms with Gasteiger partial charge in [0.25, 0.3) is 0 Å². The zero-order valence-corrected chi connectivity index (χ0v) is 10.5. The second kappa shape index (κ2) is 6.26. The van der Waals surface area contributed by atoms with E-state index in [2.05, 4.69) is 43.8 Å². The Morgan fingerprint density at radius 2 is 2.20 bits per heavy atom. The number of likely N-dealkylation sites (N-methyl/N-ethyl adjacent to an activating group) is 1. The summed E-state index contributed by atoms with van der Waals surface area (Å²) in [5.41, 5.74) is 1.39. The van der Waals surface area contributed by atoms with E-state index in [-0.39, 0.29) is 0 Å². The van der Waals surface area contributed by atoms with Crippen LogP contribution in [0.5, 0.6) is 0 Å². The lowest BCUT2D eigenvalue weighted by Crippen LogP contribution is -2.46. The molecule has 1 aliphatic rings. The molecule has 15 heavy (non-hydrogen) atoms. The molecule has 1 fully saturated rings. The monoisotopic (exact) mass is 212 g/mol. The predicted molar refractivity (Wildman–Crippen MR) is 64.2 cm³/mol. The highest BCUT2D eigenvalue weighted by Gasteiger charge is 2.19. The highest BCUT2D eigenvalue weighted by Crippen LogP contribution is 2.06. The number of nitrogens with zero attached hydrogens (tertiary/aromatic N) is 2. The van der Waals surface area contributed by atoms with Crippen LogP contribution < -0.4 is 0 Å². The summed E-state index contributed by atoms with van der Waals surface area (Å²) in [6.07, 6.45) is 2.66. The summed E-state index contributed by atoms with van der Waals surface area (Å²) in [4.78, 5) is 4.65. The average molecular weight is 212 g/mol. The normalized spacial score (nSPS) is 23.1. The molecule has 0 aliphatic carbocycles. The van der Waals surface area contributed by atoms with Crippen molar-refractivity contribution in [1.82, 2.24) is 9.80 Å². The summed E-state index contributed by atoms with van der Waals surface area (Å²) in [7, 11) is 4.19. The molecule has 1 rings (SSSR count). The van der Waals surface area contributed by atoms with Crippen LogP contribution in [-0.4, -0.2) is 62.8 Å². The molecule has 3 nitrogen and oxygen atoms in total. The van der Waals surface area contributed by atoms with Crippen molar-refractivity contribution in [1.29, 1.82) is 0 Å². The van der Waals surface area contributed by atoms with E-state index in [1.54, 1.807) is 0 Å². The number of morpholine rings is 1. The highest BCUT2D eigenvalue weighted by molar-refractivity contribution is 4.95. The fraction of sp³-hybridized carbons (Fsp3) is 0.833. The van der Waals surface area contributed by atoms with Crippen molar-refractivity contribution in [3.8, 4) is 0 Å². The Labute approximate surface area is 93.7 Å². The van der Waals surface area contributed by atoms with Gasteiger partial charge in [0.15, 0.2) is 0 Å². The fourth-order valence-electron chi connectivity index (χ4n) is 1.78. The molecule has 0 bridgehead atoms. The molecule has 0 radical (unpaired) electrons. The van der Waals surface area contributed by atoms with E-state index in [1.807, 2.05) is 0 Å². The van der Waals surface area contributed by atoms with Gasteiger partial charge in [-0.05, 0) is 27.9 Å². The molecule has 1 heterocycles. The molecule has 0 saturated carbocycles. The standard InChI is InChI=1S/C12H24N2O/c1-11(2)5-6-14-7-8-15-12(10-14)9-13(3)4/h5,12H,6-10H2,1-4H3/t12-/m0/s1. The van der Waals surface area contributed by atoms with E-state index in [1.165, 1.54) is 5.57 Å². The minimum Gasteiger partial charge on any atom is -0.374 e. The van der Waals surface area contributed by atoms with Gasteiger partial charge in [0.2, 0.25) is 0 Å². The highest BCUT2D eigenvalue weighted by atomic mass is 16.5. The molecule has 1 atom stereocenters. The van der Waals surface area contributed by atoms with Crippen LogP contribution in [0.15, 0.2) is 11.6 Å². The lowest BCUT2D eigenvalue weighted by Gasteiger charge is -2.33. The maximum atomic E-state index is 5.72. The minimum atomic E-state index is 0.374. The van der Waals surface area contributed by atoms with E-state index < -0.39 is 0 Å². The number of ether oxygens (including phenoxy) is 1. The molecule has 3 heteroatoms. The summed E-state index contributed by atoms with van der Waals surface area (Å²) in [6.45, 7) is 9.38. The van der Waals surface area contributed by atoms with Crippen LogP contribution in [0.25, 0.3) is 0 Å². The number of hydrogen-bond acceptors (Lipinski definition) is 3. The van der Waals surface area contributed by atoms with Crippen molar-refractivity contribution in [2.45, 2.75) is 20.0 Å². The third-order valence-corrected chi connectivity index (χ3v) is 2.55. The first-order valence-electron chi connectivity index (χ1n) is 5.70. The van der Waals surface area contributed by atoms with Crippen LogP contribution in [0.3, 0.4) is 0 Å². The van der Waals surface area contributed by atoms with Gasteiger partial charge < -0.3 is 9.64 Å². The quantitative estimate of drug-likeness (QED) is 0.652. The number of hydrogen-bond donors (Lipinski definition) is 0. The summed E-state index contributed by atoms with van der Waals surface area (Å²) in [5, 5.41) is 0. The van der Waals surface area contributed by atoms with Crippen LogP contribution in [-0.2, 0) is 4.74 Å². The fourth-order valence-corrected chi connectivity index (χ4v) is 1.78. The van der Waals surface area contributed by atoms with Gasteiger partial charge in [-0.2, -0.15) is 0 Å². The number of rotatable bonds is 4. The summed E-state index contributed by atoms with van der Waals surface area (Å²) in [5.74, 6) is 0. The maximum absolute atomic E-state index is 5.72. The molecular formula is C12H24N2O. The van der Waals surface area contributed by atoms with Crippen molar-refractivity contribution < 1.29 is 4.74 Å². The van der Waals surface area contributed by atoms with Crippen LogP contribution in [0.2, 0.25) is 0 Å². The third kappa shape index (κ3) is 5.30. The molecule has 0 aromatic rings. The first kappa shape index (κ1) is 12.7. The summed E-state index contributed by atoms with van der Waals surface area (Å²) in [6, 6.07) is 0. The molecule has 1 aliphatic heterocycles. The van der Waals surface area contributed by atoms with Gasteiger partial charge in [0.05, 0.1) is 12.7 Å². The van der Waals surface area contributed by atoms with Crippen LogP contribution in [0, 0.1) is 0 Å². The molecule has 1 saturated heterocycles. The lowest BCUT2D eigenvalue weighted by molar-refractivity contribution is -0.0344. The zero-order chi connectivity index (χ0) is 11.3. The second-order valence-electron chi connectivity index (χ2n) is 4.80. The van der Waals surface area contributed by atoms with Gasteiger partial charge in [0, 0.05) is 26.2 Å². The van der Waals surface area contributed by atoms with Crippen LogP contribution in [0.4, 0.5) is 0 Å². The molecule has 0 unspecified atom stereocenters. The first-order chi connectivity index (χ1) is 7.08. The van der Waals surface area contributed by atoms with Crippen molar-refractivity contribution in [2.75, 3.05) is 46.9 Å². The van der Waals surface area contributed by atoms with Gasteiger partial charge in [-0.15, -0.1) is 0 Å². The third-order valence-electron chi connectivity index (χ3n) is 2.55. The Morgan fingerprint density at radius 3 is 2.80 bits per heavy atom. The van der Waals surface area contributed by atoms with E-state index in [4.69, 9.17) is 4.74 Å². The Bertz CT molecular complexity index is 210. The van der Waals surface area contributed by atoms with Gasteiger partial charge in [-0.1, -0.05) is 11.6 Å². The topological polar surface area (TPSA) is 15.7 Å². The molecule has 0 N–H and O–H groups in total. The summed E-state index contributed by atoms with van der Waals surface area (Å²) < 4.78 is 5.72. The van der Waals surface area contributed by atoms with Gasteiger partial charge in [0.1, 0.15) is 0 Å². The lowest BCUT2D eigenvalue weighted by atomic mass is 10.2. The van der Waals surface area contributed by atoms with E-state index in [0.717, 1.165) is 32.8 Å². The minimum absolute atomic E-state index is 0.374. The van der Waals surface area contributed by atoms with Crippen molar-refractivity contribution in [3.05, 3.63) is 11.6 Å². The van der Waals surface area contributed by atoms with Gasteiger partial charge in [-0.25, -0.2) is 0 Å². The molecular weight excluding hydrogens is 188 g/mol. The Balaban J connectivity index is 2.32. The van der Waals surface area contributed by atoms with Crippen LogP contribution >= 0.6 is 0 Å². The smallest absolute Gasteiger partial charge is 0.0829 e. The first-order valence-corrected chi connectivity index (χ1v) is 5.70. The second-order valence-corrected chi connectivity index (χ2v) is 4.80. The van der Waals surface area contributed by atoms with E-state index in [0.29, 0.717) is 6.10 Å². The molecule has 0 aromatic heterocycles. The van der Waals surface area contributed by atoms with Gasteiger partial charge in [-0.3, -0.25) is 4.90 Å². The maximum Gasteiger partial charge on any atom is 0.0829 e. The summed E-state index contributed by atoms with van der Waals surface area (Å²) >= 11 is 0. The van der Waals surface area contributed by atoms with E-state index >= 15 is 0 Å². The van der Waals surface area contributed by atoms with Crippen molar-refractivity contribution in [2.24, 2.45) is 0 Å². The Kier molecular flexibility index (Phi) is 5.29. The van der Waals surface area contributed by atoms with Crippen molar-refractivity contribution >= 4 is 0 Å². The van der Waals surface area contributed by atoms with Crippen LogP contribution in [0.1, 0.15) is 13.8 Å².